The van der Waals surface area contributed by atoms with Gasteiger partial charge >= 0.3 is 0 Å². The number of hydrogen-bond acceptors (Lipinski definition) is 22. The number of aryl methyl sites for hydroxylation is 2. The first-order valence-corrected chi connectivity index (χ1v) is 43.7. The summed E-state index contributed by atoms with van der Waals surface area (Å²) in [4.78, 5) is 52.1. The SMILES string of the molecule is Cc1ccc(-c2n[nH]c3ccc(-c4ncn[nH]4)cc23)cc1.Cc1ccc(-c2n[nH]c3ccc(C(=O)NCCCN4CCOCC4)cc23)cc1.NC(=O)c1ccc2[nH]nc(-c3cccc(NC(=O)CCN4CCCCC4)c3)c2c1.c1cc(OCCN2CCCCC2)cc(-c2n[nH]c3ccc(-c4ncn[nH]4)cc23)c1.c1cc2[nH]nc(-c3ccc4c(c3)OCO4)c2cc1-c1nn[nH]n1. The molecule has 0 radical (unpaired) electrons. The number of tetrazole rings is 1. The standard InChI is InChI=1S/C22H24N6O.C22H25N5O2.C22H26N4O2.C16H13N5.C15H10N6O2/c1-2-9-28(10-3-1)11-12-29-18-6-4-5-16(13-18)21-19-14-17(22-23-15-24-27-22)7-8-20(19)25-26-21;23-22(29)16-7-8-19-18(14-16)21(26-25-19)15-5-4-6-17(13-15)24-20(28)9-12-27-10-2-1-3-11-27;1-16-3-5-17(6-4-16)21-19-15-18(7-8-20(19)24-25-21)22(27)23-9-2-10-26-11-13-28-14-12-26;1-10-2-4-11(5-3-10)15-13-8-12(16-17-9-18-21-16)6-7-14(13)19-20-15;1-3-11-10(5-9(1)15-18-20-21-19-15)14(17-16-11)8-2-4-12-13(6-8)23-7-22-12/h4-8,13-15H,1-3,9-12H2,(H,25,26)(H,23,24,27);4-8,13-14H,1-3,9-12H2,(H2,23,29)(H,24,28)(H,25,26);3-8,15H,2,9-14H2,1H3,(H,23,27)(H,24,25);2-9H,1H3,(H,19,20)(H,17,18,21);1-6H,7H2,(H,16,17)(H,18,19,20,21). The number of aromatic nitrogens is 20. The number of fused-ring (bicyclic) bond motifs is 6. The number of rotatable bonds is 22. The van der Waals surface area contributed by atoms with Crippen LogP contribution < -0.4 is 30.6 Å². The molecule has 130 heavy (non-hydrogen) atoms. The number of nitrogens with two attached hydrogens (primary N) is 1. The number of nitrogens with zero attached hydrogens (tertiary/aromatic N) is 15. The molecule has 12 N–H and O–H groups in total. The van der Waals surface area contributed by atoms with Gasteiger partial charge in [0.25, 0.3) is 5.91 Å². The second kappa shape index (κ2) is 40.5. The van der Waals surface area contributed by atoms with E-state index in [4.69, 9.17) is 24.7 Å². The Morgan fingerprint density at radius 2 is 0.915 bits per heavy atom. The van der Waals surface area contributed by atoms with Gasteiger partial charge in [-0.3, -0.25) is 59.9 Å². The van der Waals surface area contributed by atoms with Crippen LogP contribution in [0.2, 0.25) is 0 Å². The van der Waals surface area contributed by atoms with Crippen molar-refractivity contribution in [3.63, 3.8) is 0 Å². The number of likely N-dealkylation sites (tertiary alicyclic amines) is 2. The molecule has 0 spiro atoms. The molecule has 33 nitrogen and oxygen atoms in total. The minimum Gasteiger partial charge on any atom is -0.492 e. The summed E-state index contributed by atoms with van der Waals surface area (Å²) in [5.74, 6) is 3.90. The molecule has 4 aliphatic heterocycles. The summed E-state index contributed by atoms with van der Waals surface area (Å²) in [6.07, 6.45) is 12.1. The number of H-pyrrole nitrogens is 8. The molecule has 33 heteroatoms. The van der Waals surface area contributed by atoms with Crippen molar-refractivity contribution >= 4 is 77.9 Å². The summed E-state index contributed by atoms with van der Waals surface area (Å²) >= 11 is 0. The maximum absolute atomic E-state index is 12.6. The van der Waals surface area contributed by atoms with Crippen LogP contribution in [0.3, 0.4) is 0 Å². The van der Waals surface area contributed by atoms with Crippen molar-refractivity contribution in [3.05, 3.63) is 241 Å². The van der Waals surface area contributed by atoms with E-state index in [-0.39, 0.29) is 18.6 Å². The first kappa shape index (κ1) is 85.3. The highest BCUT2D eigenvalue weighted by Crippen LogP contribution is 2.40. The predicted molar refractivity (Wildman–Crippen MR) is 499 cm³/mol. The molecule has 18 aromatic rings. The van der Waals surface area contributed by atoms with Crippen LogP contribution in [-0.2, 0) is 9.53 Å². The summed E-state index contributed by atoms with van der Waals surface area (Å²) in [7, 11) is 0. The quantitative estimate of drug-likeness (QED) is 0.0281. The third-order valence-corrected chi connectivity index (χ3v) is 23.4. The summed E-state index contributed by atoms with van der Waals surface area (Å²) in [5, 5.41) is 76.1. The molecule has 0 aliphatic carbocycles. The third kappa shape index (κ3) is 20.6. The van der Waals surface area contributed by atoms with Crippen molar-refractivity contribution < 1.29 is 33.3 Å². The monoisotopic (exact) mass is 1740 g/mol. The molecule has 12 heterocycles. The molecule has 658 valence electrons. The molecule has 0 saturated carbocycles. The van der Waals surface area contributed by atoms with Crippen LogP contribution >= 0.6 is 0 Å². The van der Waals surface area contributed by atoms with Crippen LogP contribution in [0.5, 0.6) is 17.2 Å². The number of amides is 3. The topological polar surface area (TPSA) is 429 Å². The smallest absolute Gasteiger partial charge is 0.251 e. The summed E-state index contributed by atoms with van der Waals surface area (Å²) in [6, 6.07) is 67.1. The van der Waals surface area contributed by atoms with Crippen molar-refractivity contribution in [1.29, 1.82) is 0 Å². The lowest BCUT2D eigenvalue weighted by molar-refractivity contribution is -0.116. The van der Waals surface area contributed by atoms with Gasteiger partial charge < -0.3 is 40.2 Å². The zero-order valence-electron chi connectivity index (χ0n) is 72.0. The van der Waals surface area contributed by atoms with Crippen molar-refractivity contribution in [3.8, 4) is 108 Å². The number of ether oxygens (including phenoxy) is 4. The van der Waals surface area contributed by atoms with Gasteiger partial charge in [0, 0.05) is 127 Å². The van der Waals surface area contributed by atoms with Crippen molar-refractivity contribution in [1.82, 2.24) is 122 Å². The number of primary amides is 1. The average Bonchev–Trinajstić information content (AvgIpc) is 1.63. The predicted octanol–water partition coefficient (Wildman–Crippen LogP) is 15.5. The molecule has 3 amide bonds. The molecular formula is C97H98N26O7. The Labute approximate surface area is 746 Å². The van der Waals surface area contributed by atoms with E-state index in [1.54, 1.807) is 18.2 Å². The Kier molecular flexibility index (Phi) is 26.6. The second-order valence-corrected chi connectivity index (χ2v) is 32.4. The van der Waals surface area contributed by atoms with Gasteiger partial charge in [-0.25, -0.2) is 9.97 Å². The molecular weight excluding hydrogens is 1640 g/mol. The van der Waals surface area contributed by atoms with Crippen LogP contribution in [-0.4, -0.2) is 226 Å². The number of carbonyl (C=O) groups excluding carboxylic acids is 3. The minimum atomic E-state index is -0.478. The number of benzene rings is 10. The first-order chi connectivity index (χ1) is 63.9. The van der Waals surface area contributed by atoms with Crippen molar-refractivity contribution in [2.24, 2.45) is 5.73 Å². The maximum atomic E-state index is 12.6. The molecule has 10 aromatic carbocycles. The summed E-state index contributed by atoms with van der Waals surface area (Å²) in [6.45, 7) is 16.7. The van der Waals surface area contributed by atoms with Crippen molar-refractivity contribution in [2.75, 3.05) is 97.4 Å². The van der Waals surface area contributed by atoms with Crippen LogP contribution in [0, 0.1) is 13.8 Å². The van der Waals surface area contributed by atoms with E-state index in [9.17, 15) is 14.4 Å². The number of aromatic amines is 8. The van der Waals surface area contributed by atoms with Gasteiger partial charge in [-0.05, 0) is 217 Å². The van der Waals surface area contributed by atoms with Gasteiger partial charge in [0.1, 0.15) is 36.4 Å². The van der Waals surface area contributed by atoms with E-state index in [1.807, 2.05) is 115 Å². The lowest BCUT2D eigenvalue weighted by atomic mass is 10.0. The van der Waals surface area contributed by atoms with E-state index in [1.165, 1.54) is 75.4 Å². The van der Waals surface area contributed by atoms with E-state index in [0.29, 0.717) is 42.2 Å². The van der Waals surface area contributed by atoms with E-state index in [2.05, 4.69) is 214 Å². The van der Waals surface area contributed by atoms with E-state index >= 15 is 0 Å². The molecule has 4 aliphatic rings. The minimum absolute atomic E-state index is 0.00984. The highest BCUT2D eigenvalue weighted by molar-refractivity contribution is 6.04. The average molecular weight is 1740 g/mol. The largest absolute Gasteiger partial charge is 0.492 e. The number of nitrogens with one attached hydrogen (secondary N) is 10. The van der Waals surface area contributed by atoms with Gasteiger partial charge in [-0.1, -0.05) is 96.8 Å². The first-order valence-electron chi connectivity index (χ1n) is 43.7. The highest BCUT2D eigenvalue weighted by Gasteiger charge is 2.22. The number of anilines is 1. The molecule has 3 fully saturated rings. The van der Waals surface area contributed by atoms with Gasteiger partial charge in [-0.15, -0.1) is 10.2 Å². The molecule has 3 saturated heterocycles. The Morgan fingerprint density at radius 3 is 1.47 bits per heavy atom. The number of morpholine rings is 1. The highest BCUT2D eigenvalue weighted by atomic mass is 16.7. The van der Waals surface area contributed by atoms with Crippen LogP contribution in [0.4, 0.5) is 5.69 Å². The fourth-order valence-electron chi connectivity index (χ4n) is 16.4. The Hall–Kier alpha value is -15.5. The Bertz CT molecular complexity index is 6860. The summed E-state index contributed by atoms with van der Waals surface area (Å²) < 4.78 is 22.2. The normalized spacial score (nSPS) is 14.0. The van der Waals surface area contributed by atoms with Crippen LogP contribution in [0.25, 0.3) is 145 Å². The number of carbonyl (C=O) groups is 3. The molecule has 0 unspecified atom stereocenters. The summed E-state index contributed by atoms with van der Waals surface area (Å²) in [5.41, 5.74) is 26.4. The van der Waals surface area contributed by atoms with Crippen LogP contribution in [0.1, 0.15) is 83.2 Å². The van der Waals surface area contributed by atoms with Gasteiger partial charge in [0.2, 0.25) is 24.4 Å². The molecule has 8 aromatic heterocycles. The lowest BCUT2D eigenvalue weighted by Crippen LogP contribution is -2.38. The second-order valence-electron chi connectivity index (χ2n) is 32.4. The third-order valence-electron chi connectivity index (χ3n) is 23.4. The molecule has 22 rings (SSSR count). The van der Waals surface area contributed by atoms with Gasteiger partial charge in [0.15, 0.2) is 23.1 Å². The zero-order chi connectivity index (χ0) is 88.5. The number of hydrogen-bond donors (Lipinski definition) is 11. The van der Waals surface area contributed by atoms with Gasteiger partial charge in [0.05, 0.1) is 57.9 Å². The maximum Gasteiger partial charge on any atom is 0.251 e. The van der Waals surface area contributed by atoms with Crippen LogP contribution in [0.15, 0.2) is 219 Å². The van der Waals surface area contributed by atoms with Gasteiger partial charge in [-0.2, -0.15) is 40.9 Å². The fourth-order valence-corrected chi connectivity index (χ4v) is 16.4. The van der Waals surface area contributed by atoms with E-state index in [0.717, 1.165) is 222 Å². The zero-order valence-corrected chi connectivity index (χ0v) is 72.0. The number of piperidine rings is 2. The van der Waals surface area contributed by atoms with E-state index < -0.39 is 5.91 Å². The Balaban J connectivity index is 0.000000110. The molecule has 0 atom stereocenters. The van der Waals surface area contributed by atoms with Crippen molar-refractivity contribution in [2.45, 2.75) is 65.2 Å². The lowest BCUT2D eigenvalue weighted by Gasteiger charge is -2.26. The fraction of sp³-hybridized carbons (Fsp3) is 0.247. The molecule has 0 bridgehead atoms. The Morgan fingerprint density at radius 1 is 0.438 bits per heavy atom.